The Balaban J connectivity index is 2.10. The smallest absolute Gasteiger partial charge is 0.410 e. The largest absolute Gasteiger partial charge is 0.591 e. The fourth-order valence-corrected chi connectivity index (χ4v) is 2.81. The zero-order chi connectivity index (χ0) is 18.8. The van der Waals surface area contributed by atoms with Gasteiger partial charge < -0.3 is 14.2 Å². The SMILES string of the molecule is CC(C)(C)OC(=O)N1CCCn2nc(C=N[S+]([O-])C(C)(C)C)cc2C1. The number of ether oxygens (including phenoxy) is 1. The highest BCUT2D eigenvalue weighted by molar-refractivity contribution is 7.91. The molecule has 0 N–H and O–H groups in total. The Labute approximate surface area is 152 Å². The van der Waals surface area contributed by atoms with Gasteiger partial charge in [0.15, 0.2) is 0 Å². The van der Waals surface area contributed by atoms with Crippen molar-refractivity contribution in [1.82, 2.24) is 14.7 Å². The molecule has 140 valence electrons. The van der Waals surface area contributed by atoms with Gasteiger partial charge in [-0.25, -0.2) is 4.79 Å². The first kappa shape index (κ1) is 19.8. The second-order valence-electron chi connectivity index (χ2n) is 8.14. The minimum atomic E-state index is -1.32. The van der Waals surface area contributed by atoms with Gasteiger partial charge in [-0.3, -0.25) is 4.68 Å². The molecule has 0 radical (unpaired) electrons. The average molecular weight is 369 g/mol. The molecule has 0 saturated carbocycles. The number of amides is 1. The monoisotopic (exact) mass is 368 g/mol. The van der Waals surface area contributed by atoms with Crippen LogP contribution in [0, 0.1) is 0 Å². The van der Waals surface area contributed by atoms with Gasteiger partial charge >= 0.3 is 6.09 Å². The van der Waals surface area contributed by atoms with Gasteiger partial charge in [0.05, 0.1) is 12.2 Å². The third-order valence-corrected chi connectivity index (χ3v) is 4.83. The van der Waals surface area contributed by atoms with Gasteiger partial charge in [-0.2, -0.15) is 5.10 Å². The third kappa shape index (κ3) is 5.74. The molecule has 25 heavy (non-hydrogen) atoms. The molecule has 0 aliphatic carbocycles. The van der Waals surface area contributed by atoms with Gasteiger partial charge in [0.25, 0.3) is 0 Å². The molecule has 7 nitrogen and oxygen atoms in total. The van der Waals surface area contributed by atoms with Crippen molar-refractivity contribution in [3.8, 4) is 0 Å². The molecular formula is C17H28N4O3S. The molecule has 0 fully saturated rings. The van der Waals surface area contributed by atoms with Gasteiger partial charge in [0.1, 0.15) is 33.6 Å². The molecule has 0 aromatic carbocycles. The predicted molar refractivity (Wildman–Crippen MR) is 99.0 cm³/mol. The van der Waals surface area contributed by atoms with Crippen LogP contribution in [0.1, 0.15) is 59.4 Å². The van der Waals surface area contributed by atoms with Gasteiger partial charge in [0.2, 0.25) is 0 Å². The summed E-state index contributed by atoms with van der Waals surface area (Å²) in [5, 5.41) is 4.49. The Morgan fingerprint density at radius 3 is 2.60 bits per heavy atom. The van der Waals surface area contributed by atoms with Crippen molar-refractivity contribution < 1.29 is 14.1 Å². The maximum absolute atomic E-state index is 12.3. The maximum atomic E-state index is 12.3. The quantitative estimate of drug-likeness (QED) is 0.593. The number of hydrogen-bond donors (Lipinski definition) is 0. The summed E-state index contributed by atoms with van der Waals surface area (Å²) in [6.45, 7) is 13.0. The van der Waals surface area contributed by atoms with E-state index in [4.69, 9.17) is 4.74 Å². The van der Waals surface area contributed by atoms with Crippen molar-refractivity contribution in [2.45, 2.75) is 71.4 Å². The normalized spacial score (nSPS) is 17.3. The minimum Gasteiger partial charge on any atom is -0.591 e. The fourth-order valence-electron chi connectivity index (χ4n) is 2.29. The third-order valence-electron chi connectivity index (χ3n) is 3.49. The number of hydrogen-bond acceptors (Lipinski definition) is 5. The van der Waals surface area contributed by atoms with E-state index < -0.39 is 21.7 Å². The van der Waals surface area contributed by atoms with Crippen LogP contribution in [0.2, 0.25) is 0 Å². The second kappa shape index (κ2) is 7.37. The molecule has 0 saturated heterocycles. The highest BCUT2D eigenvalue weighted by Crippen LogP contribution is 2.19. The Morgan fingerprint density at radius 2 is 2.00 bits per heavy atom. The molecule has 1 aliphatic heterocycles. The van der Waals surface area contributed by atoms with E-state index in [0.29, 0.717) is 18.8 Å². The zero-order valence-electron chi connectivity index (χ0n) is 15.9. The number of nitrogens with zero attached hydrogens (tertiary/aromatic N) is 4. The van der Waals surface area contributed by atoms with E-state index in [9.17, 15) is 9.35 Å². The van der Waals surface area contributed by atoms with Gasteiger partial charge in [0, 0.05) is 13.1 Å². The van der Waals surface area contributed by atoms with E-state index in [1.807, 2.05) is 52.3 Å². The van der Waals surface area contributed by atoms with Crippen LogP contribution in [0.4, 0.5) is 4.79 Å². The van der Waals surface area contributed by atoms with Gasteiger partial charge in [-0.05, 0) is 54.0 Å². The Kier molecular flexibility index (Phi) is 5.83. The predicted octanol–water partition coefficient (Wildman–Crippen LogP) is 2.91. The molecule has 8 heteroatoms. The summed E-state index contributed by atoms with van der Waals surface area (Å²) < 4.78 is 23.1. The average Bonchev–Trinajstić information content (AvgIpc) is 2.72. The number of aryl methyl sites for hydroxylation is 1. The van der Waals surface area contributed by atoms with Crippen LogP contribution in [-0.4, -0.2) is 48.4 Å². The Bertz CT molecular complexity index is 643. The Morgan fingerprint density at radius 1 is 1.32 bits per heavy atom. The number of fused-ring (bicyclic) bond motifs is 1. The molecule has 1 amide bonds. The fraction of sp³-hybridized carbons (Fsp3) is 0.706. The summed E-state index contributed by atoms with van der Waals surface area (Å²) in [4.78, 5) is 14.0. The van der Waals surface area contributed by atoms with Crippen molar-refractivity contribution in [3.05, 3.63) is 17.5 Å². The lowest BCUT2D eigenvalue weighted by Crippen LogP contribution is -2.36. The highest BCUT2D eigenvalue weighted by atomic mass is 32.2. The molecule has 2 heterocycles. The summed E-state index contributed by atoms with van der Waals surface area (Å²) in [7, 11) is 0. The van der Waals surface area contributed by atoms with Crippen molar-refractivity contribution >= 4 is 23.7 Å². The van der Waals surface area contributed by atoms with Crippen LogP contribution >= 0.6 is 0 Å². The number of carbonyl (C=O) groups excluding carboxylic acids is 1. The molecule has 1 unspecified atom stereocenters. The van der Waals surface area contributed by atoms with Crippen LogP contribution in [-0.2, 0) is 29.2 Å². The molecular weight excluding hydrogens is 340 g/mol. The summed E-state index contributed by atoms with van der Waals surface area (Å²) in [6.07, 6.45) is 2.03. The van der Waals surface area contributed by atoms with Crippen molar-refractivity contribution in [2.75, 3.05) is 6.54 Å². The van der Waals surface area contributed by atoms with Crippen molar-refractivity contribution in [1.29, 1.82) is 0 Å². The molecule has 0 spiro atoms. The lowest BCUT2D eigenvalue weighted by molar-refractivity contribution is 0.0236. The Hall–Kier alpha value is -1.54. The summed E-state index contributed by atoms with van der Waals surface area (Å²) in [5.41, 5.74) is 1.06. The summed E-state index contributed by atoms with van der Waals surface area (Å²) in [6, 6.07) is 1.88. The van der Waals surface area contributed by atoms with Crippen LogP contribution in [0.3, 0.4) is 0 Å². The van der Waals surface area contributed by atoms with E-state index in [-0.39, 0.29) is 6.09 Å². The molecule has 1 aliphatic rings. The van der Waals surface area contributed by atoms with E-state index in [0.717, 1.165) is 18.7 Å². The van der Waals surface area contributed by atoms with Crippen LogP contribution < -0.4 is 0 Å². The zero-order valence-corrected chi connectivity index (χ0v) is 16.7. The molecule has 1 aromatic rings. The van der Waals surface area contributed by atoms with E-state index in [1.54, 1.807) is 11.1 Å². The minimum absolute atomic E-state index is 0.314. The standard InChI is InChI=1S/C17H28N4O3S/c1-16(2,3)24-15(22)20-8-7-9-21-14(12-20)10-13(19-21)11-18-25(23)17(4,5)6/h10-11H,7-9,12H2,1-6H3. The first-order valence-corrected chi connectivity index (χ1v) is 9.57. The second-order valence-corrected chi connectivity index (χ2v) is 10.1. The van der Waals surface area contributed by atoms with E-state index in [1.165, 1.54) is 0 Å². The number of rotatable bonds is 2. The lowest BCUT2D eigenvalue weighted by atomic mass is 10.2. The van der Waals surface area contributed by atoms with Crippen molar-refractivity contribution in [2.24, 2.45) is 4.40 Å². The van der Waals surface area contributed by atoms with Crippen LogP contribution in [0.25, 0.3) is 0 Å². The molecule has 2 rings (SSSR count). The molecule has 1 aromatic heterocycles. The molecule has 1 atom stereocenters. The number of carbonyl (C=O) groups is 1. The first-order valence-electron chi connectivity index (χ1n) is 8.46. The highest BCUT2D eigenvalue weighted by Gasteiger charge is 2.27. The van der Waals surface area contributed by atoms with Crippen LogP contribution in [0.15, 0.2) is 10.5 Å². The maximum Gasteiger partial charge on any atom is 0.410 e. The molecule has 0 bridgehead atoms. The van der Waals surface area contributed by atoms with Gasteiger partial charge in [-0.1, -0.05) is 4.40 Å². The van der Waals surface area contributed by atoms with Crippen LogP contribution in [0.5, 0.6) is 0 Å². The number of aromatic nitrogens is 2. The topological polar surface area (TPSA) is 82.8 Å². The lowest BCUT2D eigenvalue weighted by Gasteiger charge is -2.26. The van der Waals surface area contributed by atoms with E-state index >= 15 is 0 Å². The van der Waals surface area contributed by atoms with Gasteiger partial charge in [-0.15, -0.1) is 0 Å². The summed E-state index contributed by atoms with van der Waals surface area (Å²) >= 11 is -1.32. The summed E-state index contributed by atoms with van der Waals surface area (Å²) in [5.74, 6) is 0. The van der Waals surface area contributed by atoms with E-state index in [2.05, 4.69) is 9.50 Å². The van der Waals surface area contributed by atoms with Crippen molar-refractivity contribution in [3.63, 3.8) is 0 Å². The first-order chi connectivity index (χ1) is 11.5.